The second-order valence-corrected chi connectivity index (χ2v) is 10.7. The molecule has 4 rings (SSSR count). The highest BCUT2D eigenvalue weighted by atomic mass is 19.4. The molecule has 0 saturated carbocycles. The highest BCUT2D eigenvalue weighted by molar-refractivity contribution is 5.95. The van der Waals surface area contributed by atoms with Gasteiger partial charge in [-0.1, -0.05) is 23.4 Å². The van der Waals surface area contributed by atoms with Gasteiger partial charge in [0.25, 0.3) is 5.91 Å². The van der Waals surface area contributed by atoms with Crippen molar-refractivity contribution in [2.45, 2.75) is 31.7 Å². The third kappa shape index (κ3) is 7.82. The van der Waals surface area contributed by atoms with E-state index < -0.39 is 41.0 Å². The molecule has 0 radical (unpaired) electrons. The number of carbonyl (C=O) groups is 1. The first-order valence-electron chi connectivity index (χ1n) is 13.4. The number of hydrogen-bond donors (Lipinski definition) is 1. The molecule has 1 aliphatic rings. The van der Waals surface area contributed by atoms with Gasteiger partial charge in [-0.25, -0.2) is 0 Å². The summed E-state index contributed by atoms with van der Waals surface area (Å²) in [6, 6.07) is 8.04. The molecule has 2 aromatic carbocycles. The number of nitrogens with one attached hydrogen (secondary N) is 1. The van der Waals surface area contributed by atoms with Crippen molar-refractivity contribution in [2.75, 3.05) is 53.4 Å². The third-order valence-corrected chi connectivity index (χ3v) is 7.10. The minimum atomic E-state index is -5.05. The minimum absolute atomic E-state index is 0.0286. The summed E-state index contributed by atoms with van der Waals surface area (Å²) in [5, 5.41) is 5.07. The van der Waals surface area contributed by atoms with Gasteiger partial charge in [-0.05, 0) is 57.3 Å². The number of nitrogens with zero attached hydrogens (tertiary/aromatic N) is 4. The largest absolute Gasteiger partial charge is 0.416 e. The molecule has 1 N–H and O–H groups in total. The lowest BCUT2D eigenvalue weighted by atomic mass is 9.98. The first kappa shape index (κ1) is 31.4. The van der Waals surface area contributed by atoms with Crippen LogP contribution in [0.2, 0.25) is 0 Å². The number of likely N-dealkylation sites (N-methyl/N-ethyl adjacent to an activating group) is 1. The van der Waals surface area contributed by atoms with Crippen molar-refractivity contribution in [3.8, 4) is 0 Å². The standard InChI is InChI=1S/C29H33F6N5O2/c1-19(37-42-11-10-38(2)3)17-39-8-9-40(24(18-39)14-21-16-36-26-7-5-4-6-25(21)26)27(41)20-12-22(28(30,31)32)15-23(13-20)29(33,34)35/h4-7,12-13,15-16,24,36H,8-11,14,17-18H2,1-3H3/b37-19-/t24-/m1/s1. The second-order valence-electron chi connectivity index (χ2n) is 10.7. The molecular weight excluding hydrogens is 564 g/mol. The van der Waals surface area contributed by atoms with E-state index in [1.54, 1.807) is 0 Å². The number of fused-ring (bicyclic) bond motifs is 1. The number of oxime groups is 1. The van der Waals surface area contributed by atoms with Crippen LogP contribution in [0.1, 0.15) is 34.0 Å². The molecule has 13 heteroatoms. The molecule has 7 nitrogen and oxygen atoms in total. The van der Waals surface area contributed by atoms with E-state index in [1.807, 2.05) is 61.3 Å². The molecule has 1 fully saturated rings. The summed E-state index contributed by atoms with van der Waals surface area (Å²) in [5.41, 5.74) is -1.23. The summed E-state index contributed by atoms with van der Waals surface area (Å²) < 4.78 is 81.1. The number of rotatable bonds is 9. The van der Waals surface area contributed by atoms with Gasteiger partial charge in [-0.15, -0.1) is 0 Å². The predicted molar refractivity (Wildman–Crippen MR) is 147 cm³/mol. The number of piperazine rings is 1. The van der Waals surface area contributed by atoms with Crippen LogP contribution in [0.25, 0.3) is 10.9 Å². The smallest absolute Gasteiger partial charge is 0.394 e. The zero-order valence-electron chi connectivity index (χ0n) is 23.5. The van der Waals surface area contributed by atoms with Gasteiger partial charge in [0.15, 0.2) is 0 Å². The maximum absolute atomic E-state index is 13.6. The number of halogens is 6. The fraction of sp³-hybridized carbons (Fsp3) is 0.448. The number of aromatic nitrogens is 1. The number of para-hydroxylation sites is 1. The van der Waals surface area contributed by atoms with Crippen molar-refractivity contribution >= 4 is 22.5 Å². The third-order valence-electron chi connectivity index (χ3n) is 7.10. The van der Waals surface area contributed by atoms with E-state index in [-0.39, 0.29) is 12.6 Å². The number of amides is 1. The number of aromatic amines is 1. The first-order valence-corrected chi connectivity index (χ1v) is 13.4. The van der Waals surface area contributed by atoms with Crippen molar-refractivity contribution in [1.82, 2.24) is 19.7 Å². The van der Waals surface area contributed by atoms with Gasteiger partial charge >= 0.3 is 12.4 Å². The molecule has 1 aliphatic heterocycles. The van der Waals surface area contributed by atoms with Gasteiger partial charge < -0.3 is 19.6 Å². The Bertz CT molecular complexity index is 1380. The Morgan fingerprint density at radius 3 is 2.36 bits per heavy atom. The molecule has 0 spiro atoms. The molecule has 228 valence electrons. The molecular formula is C29H33F6N5O2. The quantitative estimate of drug-likeness (QED) is 0.153. The topological polar surface area (TPSA) is 64.2 Å². The van der Waals surface area contributed by atoms with Crippen LogP contribution < -0.4 is 0 Å². The van der Waals surface area contributed by atoms with Gasteiger partial charge in [0.1, 0.15) is 6.61 Å². The number of benzene rings is 2. The van der Waals surface area contributed by atoms with Crippen molar-refractivity contribution < 1.29 is 36.0 Å². The van der Waals surface area contributed by atoms with Gasteiger partial charge in [0, 0.05) is 61.4 Å². The Kier molecular flexibility index (Phi) is 9.51. The van der Waals surface area contributed by atoms with Gasteiger partial charge in [0.05, 0.1) is 16.8 Å². The molecule has 0 unspecified atom stereocenters. The van der Waals surface area contributed by atoms with Crippen molar-refractivity contribution in [3.63, 3.8) is 0 Å². The van der Waals surface area contributed by atoms with Crippen molar-refractivity contribution in [3.05, 3.63) is 70.9 Å². The van der Waals surface area contributed by atoms with Crippen LogP contribution in [0.15, 0.2) is 53.8 Å². The van der Waals surface area contributed by atoms with E-state index in [2.05, 4.69) is 10.1 Å². The predicted octanol–water partition coefficient (Wildman–Crippen LogP) is 5.53. The van der Waals surface area contributed by atoms with E-state index in [4.69, 9.17) is 4.84 Å². The van der Waals surface area contributed by atoms with E-state index in [0.29, 0.717) is 57.1 Å². The zero-order valence-corrected chi connectivity index (χ0v) is 23.5. The highest BCUT2D eigenvalue weighted by Crippen LogP contribution is 2.37. The van der Waals surface area contributed by atoms with Gasteiger partial charge in [0.2, 0.25) is 0 Å². The maximum atomic E-state index is 13.6. The molecule has 3 aromatic rings. The van der Waals surface area contributed by atoms with Crippen LogP contribution in [0.4, 0.5) is 26.3 Å². The SMILES string of the molecule is C/C(CN1CCN(C(=O)c2cc(C(F)(F)F)cc(C(F)(F)F)c2)[C@H](Cc2c[nH]c3ccccc23)C1)=N/OCCN(C)C. The van der Waals surface area contributed by atoms with Crippen molar-refractivity contribution in [2.24, 2.45) is 5.16 Å². The Labute approximate surface area is 239 Å². The van der Waals surface area contributed by atoms with Gasteiger partial charge in [-0.2, -0.15) is 26.3 Å². The molecule has 1 amide bonds. The normalized spacial score (nSPS) is 17.3. The lowest BCUT2D eigenvalue weighted by Crippen LogP contribution is -2.56. The Balaban J connectivity index is 1.61. The molecule has 1 atom stereocenters. The van der Waals surface area contributed by atoms with E-state index in [9.17, 15) is 31.1 Å². The minimum Gasteiger partial charge on any atom is -0.394 e. The molecule has 0 bridgehead atoms. The molecule has 2 heterocycles. The number of alkyl halides is 6. The van der Waals surface area contributed by atoms with Crippen LogP contribution in [-0.2, 0) is 23.6 Å². The summed E-state index contributed by atoms with van der Waals surface area (Å²) >= 11 is 0. The highest BCUT2D eigenvalue weighted by Gasteiger charge is 2.39. The number of hydrogen-bond acceptors (Lipinski definition) is 5. The molecule has 1 saturated heterocycles. The molecule has 42 heavy (non-hydrogen) atoms. The Morgan fingerprint density at radius 1 is 1.05 bits per heavy atom. The maximum Gasteiger partial charge on any atom is 0.416 e. The van der Waals surface area contributed by atoms with Crippen LogP contribution in [-0.4, -0.2) is 90.8 Å². The number of carbonyl (C=O) groups excluding carboxylic acids is 1. The van der Waals surface area contributed by atoms with Crippen LogP contribution in [0.5, 0.6) is 0 Å². The van der Waals surface area contributed by atoms with E-state index in [1.165, 1.54) is 4.90 Å². The molecule has 1 aromatic heterocycles. The molecule has 0 aliphatic carbocycles. The second kappa shape index (κ2) is 12.7. The average Bonchev–Trinajstić information content (AvgIpc) is 3.32. The van der Waals surface area contributed by atoms with Crippen LogP contribution in [0.3, 0.4) is 0 Å². The lowest BCUT2D eigenvalue weighted by Gasteiger charge is -2.41. The fourth-order valence-electron chi connectivity index (χ4n) is 5.04. The number of H-pyrrole nitrogens is 1. The summed E-state index contributed by atoms with van der Waals surface area (Å²) in [5.74, 6) is -0.881. The summed E-state index contributed by atoms with van der Waals surface area (Å²) in [4.78, 5) is 27.6. The zero-order chi connectivity index (χ0) is 30.7. The van der Waals surface area contributed by atoms with Crippen LogP contribution >= 0.6 is 0 Å². The van der Waals surface area contributed by atoms with Crippen LogP contribution in [0, 0.1) is 0 Å². The monoisotopic (exact) mass is 597 g/mol. The Hall–Kier alpha value is -3.58. The Morgan fingerprint density at radius 2 is 1.71 bits per heavy atom. The van der Waals surface area contributed by atoms with Gasteiger partial charge in [-0.3, -0.25) is 9.69 Å². The average molecular weight is 598 g/mol. The fourth-order valence-corrected chi connectivity index (χ4v) is 5.04. The summed E-state index contributed by atoms with van der Waals surface area (Å²) in [6.45, 7) is 4.13. The van der Waals surface area contributed by atoms with E-state index >= 15 is 0 Å². The van der Waals surface area contributed by atoms with E-state index in [0.717, 1.165) is 16.5 Å². The summed E-state index contributed by atoms with van der Waals surface area (Å²) in [7, 11) is 3.83. The first-order chi connectivity index (χ1) is 19.7. The summed E-state index contributed by atoms with van der Waals surface area (Å²) in [6.07, 6.45) is -7.95. The lowest BCUT2D eigenvalue weighted by molar-refractivity contribution is -0.143. The van der Waals surface area contributed by atoms with Crippen molar-refractivity contribution in [1.29, 1.82) is 0 Å².